The van der Waals surface area contributed by atoms with E-state index in [1.54, 1.807) is 0 Å². The van der Waals surface area contributed by atoms with E-state index in [2.05, 4.69) is 26.9 Å². The molecule has 1 aromatic rings. The monoisotopic (exact) mass is 341 g/mol. The van der Waals surface area contributed by atoms with Gasteiger partial charge in [0.05, 0.1) is 5.56 Å². The van der Waals surface area contributed by atoms with Crippen LogP contribution in [0.2, 0.25) is 0 Å². The molecule has 0 saturated heterocycles. The number of nitrogens with one attached hydrogen (secondary N) is 2. The van der Waals surface area contributed by atoms with Crippen molar-refractivity contribution < 1.29 is 0 Å². The first-order valence-electron chi connectivity index (χ1n) is 9.48. The molecule has 0 amide bonds. The average molecular weight is 341 g/mol. The van der Waals surface area contributed by atoms with Gasteiger partial charge in [0.2, 0.25) is 11.7 Å². The molecular weight excluding hydrogens is 314 g/mol. The zero-order valence-electron chi connectivity index (χ0n) is 14.5. The summed E-state index contributed by atoms with van der Waals surface area (Å²) in [5.74, 6) is 3.19. The van der Waals surface area contributed by atoms with Crippen LogP contribution in [0.1, 0.15) is 48.9 Å². The minimum absolute atomic E-state index is 0.263. The van der Waals surface area contributed by atoms with E-state index >= 15 is 0 Å². The third kappa shape index (κ3) is 2.40. The number of nitrogens with two attached hydrogens (primary N) is 3. The van der Waals surface area contributed by atoms with Crippen molar-refractivity contribution in [2.75, 3.05) is 5.73 Å². The number of guanidine groups is 1. The molecule has 0 radical (unpaired) electrons. The van der Waals surface area contributed by atoms with Gasteiger partial charge in [0, 0.05) is 5.69 Å². The molecule has 1 aliphatic heterocycles. The SMILES string of the molecule is NC1=NC(N)(c2cc3c(nc2N)CCC(C2CC4CCC2C4)C3)NN1. The van der Waals surface area contributed by atoms with Crippen LogP contribution in [-0.4, -0.2) is 10.9 Å². The van der Waals surface area contributed by atoms with Gasteiger partial charge in [-0.25, -0.2) is 9.98 Å². The summed E-state index contributed by atoms with van der Waals surface area (Å²) in [5.41, 5.74) is 27.0. The van der Waals surface area contributed by atoms with E-state index < -0.39 is 5.79 Å². The van der Waals surface area contributed by atoms with Crippen LogP contribution >= 0.6 is 0 Å². The summed E-state index contributed by atoms with van der Waals surface area (Å²) in [7, 11) is 0. The topological polar surface area (TPSA) is 127 Å². The van der Waals surface area contributed by atoms with Crippen LogP contribution in [0.15, 0.2) is 11.1 Å². The Labute approximate surface area is 147 Å². The number of pyridine rings is 1. The van der Waals surface area contributed by atoms with Crippen molar-refractivity contribution >= 4 is 11.8 Å². The maximum atomic E-state index is 6.35. The third-order valence-electron chi connectivity index (χ3n) is 6.94. The van der Waals surface area contributed by atoms with Gasteiger partial charge in [-0.1, -0.05) is 6.42 Å². The zero-order valence-corrected chi connectivity index (χ0v) is 14.5. The first-order valence-corrected chi connectivity index (χ1v) is 9.48. The van der Waals surface area contributed by atoms with Crippen LogP contribution in [0.25, 0.3) is 0 Å². The van der Waals surface area contributed by atoms with Crippen molar-refractivity contribution in [1.29, 1.82) is 0 Å². The number of hydrazine groups is 1. The molecule has 0 spiro atoms. The van der Waals surface area contributed by atoms with E-state index in [0.29, 0.717) is 11.4 Å². The molecule has 5 atom stereocenters. The Morgan fingerprint density at radius 3 is 2.68 bits per heavy atom. The molecule has 2 bridgehead atoms. The Kier molecular flexibility index (Phi) is 3.27. The van der Waals surface area contributed by atoms with Crippen molar-refractivity contribution in [2.45, 2.75) is 50.7 Å². The fourth-order valence-corrected chi connectivity index (χ4v) is 5.78. The molecule has 2 saturated carbocycles. The van der Waals surface area contributed by atoms with Gasteiger partial charge in [0.1, 0.15) is 5.82 Å². The minimum Gasteiger partial charge on any atom is -0.383 e. The van der Waals surface area contributed by atoms with Crippen molar-refractivity contribution in [3.8, 4) is 0 Å². The highest BCUT2D eigenvalue weighted by Gasteiger charge is 2.44. The van der Waals surface area contributed by atoms with Gasteiger partial charge >= 0.3 is 0 Å². The number of aliphatic imine (C=N–C) groups is 1. The molecule has 4 aliphatic rings. The second-order valence-corrected chi connectivity index (χ2v) is 8.38. The summed E-state index contributed by atoms with van der Waals surface area (Å²) < 4.78 is 0. The van der Waals surface area contributed by atoms with Crippen LogP contribution in [0.4, 0.5) is 5.82 Å². The van der Waals surface area contributed by atoms with Gasteiger partial charge in [-0.15, -0.1) is 0 Å². The van der Waals surface area contributed by atoms with Gasteiger partial charge in [0.15, 0.2) is 0 Å². The molecule has 1 aromatic heterocycles. The van der Waals surface area contributed by atoms with E-state index in [9.17, 15) is 0 Å². The molecule has 8 N–H and O–H groups in total. The van der Waals surface area contributed by atoms with Crippen LogP contribution < -0.4 is 28.1 Å². The van der Waals surface area contributed by atoms with Crippen molar-refractivity contribution in [3.05, 3.63) is 22.9 Å². The van der Waals surface area contributed by atoms with Crippen molar-refractivity contribution in [2.24, 2.45) is 40.1 Å². The summed E-state index contributed by atoms with van der Waals surface area (Å²) >= 11 is 0. The number of fused-ring (bicyclic) bond motifs is 3. The molecule has 25 heavy (non-hydrogen) atoms. The zero-order chi connectivity index (χ0) is 17.2. The highest BCUT2D eigenvalue weighted by atomic mass is 15.6. The lowest BCUT2D eigenvalue weighted by Crippen LogP contribution is -2.51. The maximum absolute atomic E-state index is 6.35. The molecule has 7 heteroatoms. The molecule has 0 aromatic carbocycles. The van der Waals surface area contributed by atoms with E-state index in [1.165, 1.54) is 37.7 Å². The first-order chi connectivity index (χ1) is 12.0. The van der Waals surface area contributed by atoms with Gasteiger partial charge in [-0.05, 0) is 73.8 Å². The average Bonchev–Trinajstić information content (AvgIpc) is 3.30. The summed E-state index contributed by atoms with van der Waals surface area (Å²) in [6, 6.07) is 2.10. The number of aryl methyl sites for hydroxylation is 1. The fourth-order valence-electron chi connectivity index (χ4n) is 5.78. The molecule has 7 nitrogen and oxygen atoms in total. The number of hydrogen-bond acceptors (Lipinski definition) is 7. The molecule has 134 valence electrons. The second kappa shape index (κ2) is 5.32. The normalized spacial score (nSPS) is 39.2. The largest absolute Gasteiger partial charge is 0.383 e. The van der Waals surface area contributed by atoms with Crippen LogP contribution in [-0.2, 0) is 18.6 Å². The Morgan fingerprint density at radius 1 is 1.12 bits per heavy atom. The fraction of sp³-hybridized carbons (Fsp3) is 0.667. The van der Waals surface area contributed by atoms with Gasteiger partial charge < -0.3 is 11.5 Å². The van der Waals surface area contributed by atoms with E-state index in [0.717, 1.165) is 42.2 Å². The Bertz CT molecular complexity index is 745. The molecule has 2 heterocycles. The van der Waals surface area contributed by atoms with Crippen LogP contribution in [0.3, 0.4) is 0 Å². The number of aromatic nitrogens is 1. The lowest BCUT2D eigenvalue weighted by Gasteiger charge is -2.34. The quantitative estimate of drug-likeness (QED) is 0.539. The molecule has 2 fully saturated rings. The first kappa shape index (κ1) is 15.4. The van der Waals surface area contributed by atoms with Crippen molar-refractivity contribution in [3.63, 3.8) is 0 Å². The Hall–Kier alpha value is -1.86. The molecule has 5 rings (SSSR count). The lowest BCUT2D eigenvalue weighted by atomic mass is 9.72. The highest BCUT2D eigenvalue weighted by molar-refractivity contribution is 5.79. The number of anilines is 1. The summed E-state index contributed by atoms with van der Waals surface area (Å²) in [6.45, 7) is 0. The van der Waals surface area contributed by atoms with Crippen LogP contribution in [0.5, 0.6) is 0 Å². The van der Waals surface area contributed by atoms with Crippen molar-refractivity contribution in [1.82, 2.24) is 15.8 Å². The highest BCUT2D eigenvalue weighted by Crippen LogP contribution is 2.53. The number of nitrogens with zero attached hydrogens (tertiary/aromatic N) is 2. The third-order valence-corrected chi connectivity index (χ3v) is 6.94. The summed E-state index contributed by atoms with van der Waals surface area (Å²) in [5, 5.41) is 0. The smallest absolute Gasteiger partial charge is 0.212 e. The Morgan fingerprint density at radius 2 is 2.00 bits per heavy atom. The van der Waals surface area contributed by atoms with E-state index in [-0.39, 0.29) is 5.96 Å². The predicted octanol–water partition coefficient (Wildman–Crippen LogP) is 0.696. The number of rotatable bonds is 2. The van der Waals surface area contributed by atoms with Crippen LogP contribution in [0, 0.1) is 23.7 Å². The molecule has 3 aliphatic carbocycles. The van der Waals surface area contributed by atoms with E-state index in [1.807, 2.05) is 0 Å². The maximum Gasteiger partial charge on any atom is 0.212 e. The summed E-state index contributed by atoms with van der Waals surface area (Å²) in [6.07, 6.45) is 9.16. The number of nitrogen functional groups attached to an aromatic ring is 1. The number of hydrogen-bond donors (Lipinski definition) is 5. The molecule has 5 unspecified atom stereocenters. The Balaban J connectivity index is 1.44. The van der Waals surface area contributed by atoms with Gasteiger partial charge in [-0.3, -0.25) is 11.2 Å². The second-order valence-electron chi connectivity index (χ2n) is 8.38. The van der Waals surface area contributed by atoms with E-state index in [4.69, 9.17) is 17.2 Å². The van der Waals surface area contributed by atoms with Gasteiger partial charge in [-0.2, -0.15) is 5.43 Å². The minimum atomic E-state index is -1.14. The summed E-state index contributed by atoms with van der Waals surface area (Å²) in [4.78, 5) is 8.92. The molecular formula is C18H27N7. The van der Waals surface area contributed by atoms with Gasteiger partial charge in [0.25, 0.3) is 0 Å². The standard InChI is InChI=1S/C18H27N7/c19-16-14(18(21)23-17(20)24-25-18)8-12-7-11(3-4-15(12)22-16)13-6-9-1-2-10(13)5-9/h8-11,13,25H,1-7,21H2,(H2,19,22)(H3,20,23,24). The predicted molar refractivity (Wildman–Crippen MR) is 96.9 cm³/mol. The lowest BCUT2D eigenvalue weighted by molar-refractivity contribution is 0.207.